The molecule has 1 aliphatic rings. The molecule has 0 bridgehead atoms. The first-order chi connectivity index (χ1) is 14.8. The molecule has 4 rings (SSSR count). The molecule has 1 N–H and O–H groups in total. The number of benzene rings is 1. The van der Waals surface area contributed by atoms with Crippen LogP contribution in [0.1, 0.15) is 48.2 Å². The first-order valence-electron chi connectivity index (χ1n) is 10.3. The molecule has 0 spiro atoms. The molecule has 2 aromatic heterocycles. The van der Waals surface area contributed by atoms with Crippen molar-refractivity contribution >= 4 is 33.2 Å². The number of hydrogen-bond donors (Lipinski definition) is 1. The molecule has 0 aliphatic heterocycles. The van der Waals surface area contributed by atoms with Crippen molar-refractivity contribution in [3.05, 3.63) is 65.1 Å². The van der Waals surface area contributed by atoms with Crippen molar-refractivity contribution in [2.24, 2.45) is 0 Å². The highest BCUT2D eigenvalue weighted by Crippen LogP contribution is 2.26. The summed E-state index contributed by atoms with van der Waals surface area (Å²) in [4.78, 5) is 17.2. The van der Waals surface area contributed by atoms with Gasteiger partial charge >= 0.3 is 0 Å². The summed E-state index contributed by atoms with van der Waals surface area (Å²) in [5, 5.41) is 3.40. The minimum atomic E-state index is -3.66. The summed E-state index contributed by atoms with van der Waals surface area (Å²) in [6.07, 6.45) is 8.53. The Hall–Kier alpha value is -2.42. The van der Waals surface area contributed by atoms with E-state index >= 15 is 0 Å². The third-order valence-corrected chi connectivity index (χ3v) is 7.89. The van der Waals surface area contributed by atoms with E-state index in [1.54, 1.807) is 48.1 Å². The van der Waals surface area contributed by atoms with E-state index in [0.29, 0.717) is 16.3 Å². The van der Waals surface area contributed by atoms with Gasteiger partial charge < -0.3 is 9.72 Å². The van der Waals surface area contributed by atoms with E-state index in [1.807, 2.05) is 0 Å². The molecular weight excluding hydrogens is 436 g/mol. The van der Waals surface area contributed by atoms with E-state index in [1.165, 1.54) is 16.4 Å². The second kappa shape index (κ2) is 8.98. The fourth-order valence-corrected chi connectivity index (χ4v) is 5.61. The van der Waals surface area contributed by atoms with Crippen LogP contribution in [0, 0.1) is 0 Å². The van der Waals surface area contributed by atoms with Gasteiger partial charge in [-0.1, -0.05) is 36.9 Å². The van der Waals surface area contributed by atoms with Gasteiger partial charge in [0.2, 0.25) is 10.0 Å². The summed E-state index contributed by atoms with van der Waals surface area (Å²) >= 11 is 5.99. The Morgan fingerprint density at radius 1 is 1.19 bits per heavy atom. The Morgan fingerprint density at radius 3 is 2.74 bits per heavy atom. The van der Waals surface area contributed by atoms with Crippen LogP contribution in [0.5, 0.6) is 0 Å². The molecule has 2 heterocycles. The molecule has 1 fully saturated rings. The molecule has 31 heavy (non-hydrogen) atoms. The first kappa shape index (κ1) is 21.8. The Balaban J connectivity index is 1.47. The fourth-order valence-electron chi connectivity index (χ4n) is 3.98. The zero-order chi connectivity index (χ0) is 22.0. The minimum Gasteiger partial charge on any atom is -0.346 e. The van der Waals surface area contributed by atoms with Gasteiger partial charge in [0.25, 0.3) is 5.91 Å². The highest BCUT2D eigenvalue weighted by Gasteiger charge is 2.29. The monoisotopic (exact) mass is 460 g/mol. The van der Waals surface area contributed by atoms with Crippen molar-refractivity contribution in [1.82, 2.24) is 19.0 Å². The number of hydrogen-bond acceptors (Lipinski definition) is 4. The molecule has 0 unspecified atom stereocenters. The van der Waals surface area contributed by atoms with Gasteiger partial charge in [-0.05, 0) is 43.2 Å². The smallest absolute Gasteiger partial charge is 0.251 e. The summed E-state index contributed by atoms with van der Waals surface area (Å²) in [6.45, 7) is 0.219. The van der Waals surface area contributed by atoms with E-state index in [4.69, 9.17) is 11.6 Å². The molecule has 3 aromatic rings. The number of fused-ring (bicyclic) bond motifs is 1. The topological polar surface area (TPSA) is 83.8 Å². The number of rotatable bonds is 6. The number of nitrogens with zero attached hydrogens (tertiary/aromatic N) is 3. The average Bonchev–Trinajstić information content (AvgIpc) is 3.19. The zero-order valence-electron chi connectivity index (χ0n) is 17.3. The van der Waals surface area contributed by atoms with Gasteiger partial charge in [0.1, 0.15) is 5.65 Å². The lowest BCUT2D eigenvalue weighted by atomic mass is 9.96. The van der Waals surface area contributed by atoms with E-state index in [2.05, 4.69) is 10.3 Å². The number of pyridine rings is 1. The van der Waals surface area contributed by atoms with Crippen LogP contribution in [0.15, 0.2) is 53.7 Å². The summed E-state index contributed by atoms with van der Waals surface area (Å²) in [5.41, 5.74) is 1.70. The summed E-state index contributed by atoms with van der Waals surface area (Å²) in [7, 11) is -2.03. The molecule has 1 aliphatic carbocycles. The highest BCUT2D eigenvalue weighted by atomic mass is 35.5. The maximum Gasteiger partial charge on any atom is 0.251 e. The van der Waals surface area contributed by atoms with Crippen LogP contribution in [0.4, 0.5) is 0 Å². The van der Waals surface area contributed by atoms with Gasteiger partial charge in [0.15, 0.2) is 0 Å². The number of aromatic nitrogens is 2. The highest BCUT2D eigenvalue weighted by molar-refractivity contribution is 7.89. The van der Waals surface area contributed by atoms with Crippen LogP contribution in [0.25, 0.3) is 5.65 Å². The van der Waals surface area contributed by atoms with Crippen molar-refractivity contribution < 1.29 is 13.2 Å². The lowest BCUT2D eigenvalue weighted by molar-refractivity contribution is 0.0950. The van der Waals surface area contributed by atoms with E-state index < -0.39 is 10.0 Å². The van der Waals surface area contributed by atoms with Crippen LogP contribution in [0.3, 0.4) is 0 Å². The van der Waals surface area contributed by atoms with Crippen molar-refractivity contribution in [2.75, 3.05) is 7.05 Å². The molecule has 0 saturated heterocycles. The second-order valence-corrected chi connectivity index (χ2v) is 10.3. The minimum absolute atomic E-state index is 0.0137. The lowest BCUT2D eigenvalue weighted by Crippen LogP contribution is -2.38. The number of carbonyl (C=O) groups excluding carboxylic acids is 1. The zero-order valence-corrected chi connectivity index (χ0v) is 18.9. The molecule has 0 radical (unpaired) electrons. The molecule has 7 nitrogen and oxygen atoms in total. The number of amides is 1. The standard InChI is InChI=1S/C22H25ClN4O3S/c1-26(19-7-3-2-4-8-19)31(29,30)20-9-5-6-16(12-20)22(28)24-13-18-15-27-14-17(23)10-11-21(27)25-18/h5-6,9-12,14-15,19H,2-4,7-8,13H2,1H3,(H,24,28). The maximum atomic E-state index is 13.1. The summed E-state index contributed by atoms with van der Waals surface area (Å²) < 4.78 is 29.4. The van der Waals surface area contributed by atoms with Crippen molar-refractivity contribution in [1.29, 1.82) is 0 Å². The largest absolute Gasteiger partial charge is 0.346 e. The van der Waals surface area contributed by atoms with E-state index in [9.17, 15) is 13.2 Å². The Kier molecular flexibility index (Phi) is 6.31. The first-order valence-corrected chi connectivity index (χ1v) is 12.2. The van der Waals surface area contributed by atoms with Crippen molar-refractivity contribution in [3.63, 3.8) is 0 Å². The second-order valence-electron chi connectivity index (χ2n) is 7.87. The van der Waals surface area contributed by atoms with Crippen LogP contribution in [0.2, 0.25) is 5.02 Å². The summed E-state index contributed by atoms with van der Waals surface area (Å²) in [5.74, 6) is -0.354. The van der Waals surface area contributed by atoms with E-state index in [-0.39, 0.29) is 23.4 Å². The van der Waals surface area contributed by atoms with Crippen molar-refractivity contribution in [2.45, 2.75) is 49.6 Å². The van der Waals surface area contributed by atoms with E-state index in [0.717, 1.165) is 37.8 Å². The molecule has 164 valence electrons. The number of carbonyl (C=O) groups is 1. The van der Waals surface area contributed by atoms with Crippen molar-refractivity contribution in [3.8, 4) is 0 Å². The predicted octanol–water partition coefficient (Wildman–Crippen LogP) is 3.87. The molecular formula is C22H25ClN4O3S. The fraction of sp³-hybridized carbons (Fsp3) is 0.364. The van der Waals surface area contributed by atoms with Crippen LogP contribution < -0.4 is 5.32 Å². The number of nitrogens with one attached hydrogen (secondary N) is 1. The third-order valence-electron chi connectivity index (χ3n) is 5.76. The van der Waals surface area contributed by atoms with Gasteiger partial charge in [-0.3, -0.25) is 4.79 Å². The summed E-state index contributed by atoms with van der Waals surface area (Å²) in [6, 6.07) is 9.75. The van der Waals surface area contributed by atoms with Gasteiger partial charge in [0.05, 0.1) is 22.2 Å². The van der Waals surface area contributed by atoms with Gasteiger partial charge in [-0.15, -0.1) is 0 Å². The molecule has 9 heteroatoms. The normalized spacial score (nSPS) is 15.5. The third kappa shape index (κ3) is 4.76. The van der Waals surface area contributed by atoms with Crippen LogP contribution in [-0.4, -0.2) is 41.1 Å². The SMILES string of the molecule is CN(C1CCCCC1)S(=O)(=O)c1cccc(C(=O)NCc2cn3cc(Cl)ccc3n2)c1. The predicted molar refractivity (Wildman–Crippen MR) is 120 cm³/mol. The number of halogens is 1. The average molecular weight is 461 g/mol. The quantitative estimate of drug-likeness (QED) is 0.605. The maximum absolute atomic E-state index is 13.1. The molecule has 1 aromatic carbocycles. The Labute approximate surface area is 187 Å². The van der Waals surface area contributed by atoms with Gasteiger partial charge in [-0.25, -0.2) is 13.4 Å². The molecule has 1 amide bonds. The Bertz CT molecular complexity index is 1200. The number of sulfonamides is 1. The van der Waals surface area contributed by atoms with Gasteiger partial charge in [-0.2, -0.15) is 4.31 Å². The molecule has 1 saturated carbocycles. The lowest BCUT2D eigenvalue weighted by Gasteiger charge is -2.30. The Morgan fingerprint density at radius 2 is 1.97 bits per heavy atom. The van der Waals surface area contributed by atoms with Gasteiger partial charge in [0, 0.05) is 31.0 Å². The molecule has 0 atom stereocenters. The van der Waals surface area contributed by atoms with Crippen LogP contribution >= 0.6 is 11.6 Å². The van der Waals surface area contributed by atoms with Crippen LogP contribution in [-0.2, 0) is 16.6 Å². The number of imidazole rings is 1.